The maximum absolute atomic E-state index is 12.3. The lowest BCUT2D eigenvalue weighted by Gasteiger charge is -2.15. The molecule has 1 unspecified atom stereocenters. The average molecular weight is 339 g/mol. The molecule has 2 N–H and O–H groups in total. The largest absolute Gasteiger partial charge is 0.497 e. The van der Waals surface area contributed by atoms with Gasteiger partial charge in [-0.15, -0.1) is 0 Å². The second kappa shape index (κ2) is 9.77. The quantitative estimate of drug-likeness (QED) is 0.677. The Balaban J connectivity index is 2.83. The molecule has 134 valence electrons. The molecule has 0 saturated carbocycles. The molecule has 0 aliphatic rings. The van der Waals surface area contributed by atoms with Crippen LogP contribution < -0.4 is 14.8 Å². The summed E-state index contributed by atoms with van der Waals surface area (Å²) in [5, 5.41) is 11.5. The first kappa shape index (κ1) is 19.8. The van der Waals surface area contributed by atoms with Gasteiger partial charge in [0.05, 0.1) is 25.8 Å². The molecule has 0 aliphatic heterocycles. The number of ether oxygens (including phenoxy) is 3. The number of benzene rings is 1. The highest BCUT2D eigenvalue weighted by Crippen LogP contribution is 2.25. The first-order valence-corrected chi connectivity index (χ1v) is 7.73. The maximum Gasteiger partial charge on any atom is 0.334 e. The molecular formula is C17H25NO6. The summed E-state index contributed by atoms with van der Waals surface area (Å²) in [5.74, 6) is -0.115. The Kier molecular flexibility index (Phi) is 8.05. The number of amides is 1. The van der Waals surface area contributed by atoms with Crippen molar-refractivity contribution in [2.24, 2.45) is 5.92 Å². The van der Waals surface area contributed by atoms with E-state index < -0.39 is 18.0 Å². The Bertz CT molecular complexity index is 558. The predicted octanol–water partition coefficient (Wildman–Crippen LogP) is 1.95. The van der Waals surface area contributed by atoms with Gasteiger partial charge in [-0.25, -0.2) is 4.79 Å². The van der Waals surface area contributed by atoms with Crippen molar-refractivity contribution in [1.29, 1.82) is 0 Å². The lowest BCUT2D eigenvalue weighted by Crippen LogP contribution is -2.38. The summed E-state index contributed by atoms with van der Waals surface area (Å²) < 4.78 is 15.6. The first-order chi connectivity index (χ1) is 11.4. The van der Waals surface area contributed by atoms with Crippen LogP contribution in [0.25, 0.3) is 0 Å². The second-order valence-corrected chi connectivity index (χ2v) is 5.67. The Hall–Kier alpha value is -2.28. The van der Waals surface area contributed by atoms with Gasteiger partial charge in [-0.3, -0.25) is 4.79 Å². The van der Waals surface area contributed by atoms with E-state index >= 15 is 0 Å². The van der Waals surface area contributed by atoms with Gasteiger partial charge >= 0.3 is 5.97 Å². The fraction of sp³-hybridized carbons (Fsp3) is 0.529. The number of methoxy groups -OCH3 is 2. The summed E-state index contributed by atoms with van der Waals surface area (Å²) in [4.78, 5) is 23.2. The number of rotatable bonds is 10. The minimum atomic E-state index is -1.14. The number of carbonyl (C=O) groups is 2. The fourth-order valence-electron chi connectivity index (χ4n) is 1.89. The molecule has 0 bridgehead atoms. The van der Waals surface area contributed by atoms with Crippen molar-refractivity contribution >= 4 is 11.9 Å². The molecule has 7 heteroatoms. The molecule has 0 radical (unpaired) electrons. The van der Waals surface area contributed by atoms with Gasteiger partial charge in [-0.05, 0) is 24.5 Å². The Morgan fingerprint density at radius 2 is 1.96 bits per heavy atom. The van der Waals surface area contributed by atoms with Crippen molar-refractivity contribution in [3.63, 3.8) is 0 Å². The van der Waals surface area contributed by atoms with Gasteiger partial charge in [0, 0.05) is 13.2 Å². The van der Waals surface area contributed by atoms with Crippen LogP contribution in [0.2, 0.25) is 0 Å². The van der Waals surface area contributed by atoms with Crippen molar-refractivity contribution < 1.29 is 28.9 Å². The number of carboxylic acid groups (broad SMARTS) is 1. The van der Waals surface area contributed by atoms with E-state index in [0.29, 0.717) is 29.6 Å². The van der Waals surface area contributed by atoms with E-state index in [0.717, 1.165) is 6.42 Å². The summed E-state index contributed by atoms with van der Waals surface area (Å²) in [6.45, 7) is 4.50. The molecule has 0 fully saturated rings. The number of hydrogen-bond acceptors (Lipinski definition) is 5. The van der Waals surface area contributed by atoms with Crippen molar-refractivity contribution in [2.75, 3.05) is 27.4 Å². The third kappa shape index (κ3) is 6.08. The van der Waals surface area contributed by atoms with Crippen molar-refractivity contribution in [3.05, 3.63) is 23.8 Å². The third-order valence-electron chi connectivity index (χ3n) is 3.39. The third-order valence-corrected chi connectivity index (χ3v) is 3.39. The molecule has 0 spiro atoms. The SMILES string of the molecule is COc1ccc(C(=O)NCC(OC)C(=O)O)c(OCCC(C)C)c1. The lowest BCUT2D eigenvalue weighted by molar-refractivity contribution is -0.148. The summed E-state index contributed by atoms with van der Waals surface area (Å²) in [5.41, 5.74) is 0.319. The molecule has 0 heterocycles. The zero-order valence-electron chi connectivity index (χ0n) is 14.5. The standard InChI is InChI=1S/C17H25NO6/c1-11(2)7-8-24-14-9-12(22-3)5-6-13(14)16(19)18-10-15(23-4)17(20)21/h5-6,9,11,15H,7-8,10H2,1-4H3,(H,18,19)(H,20,21). The Morgan fingerprint density at radius 3 is 2.50 bits per heavy atom. The van der Waals surface area contributed by atoms with Crippen LogP contribution >= 0.6 is 0 Å². The smallest absolute Gasteiger partial charge is 0.334 e. The van der Waals surface area contributed by atoms with Gasteiger partial charge in [-0.1, -0.05) is 13.8 Å². The van der Waals surface area contributed by atoms with E-state index in [1.165, 1.54) is 14.2 Å². The monoisotopic (exact) mass is 339 g/mol. The first-order valence-electron chi connectivity index (χ1n) is 7.73. The van der Waals surface area contributed by atoms with Gasteiger partial charge < -0.3 is 24.6 Å². The molecule has 0 saturated heterocycles. The van der Waals surface area contributed by atoms with Crippen LogP contribution in [0.3, 0.4) is 0 Å². The fourth-order valence-corrected chi connectivity index (χ4v) is 1.89. The molecule has 24 heavy (non-hydrogen) atoms. The van der Waals surface area contributed by atoms with Crippen LogP contribution in [0.4, 0.5) is 0 Å². The van der Waals surface area contributed by atoms with Gasteiger partial charge in [0.15, 0.2) is 6.10 Å². The highest BCUT2D eigenvalue weighted by Gasteiger charge is 2.19. The number of nitrogens with one attached hydrogen (secondary N) is 1. The molecule has 1 aromatic carbocycles. The molecule has 1 atom stereocenters. The van der Waals surface area contributed by atoms with E-state index in [4.69, 9.17) is 19.3 Å². The molecule has 0 aliphatic carbocycles. The van der Waals surface area contributed by atoms with Gasteiger partial charge in [-0.2, -0.15) is 0 Å². The topological polar surface area (TPSA) is 94.1 Å². The normalized spacial score (nSPS) is 11.9. The Labute approximate surface area is 141 Å². The average Bonchev–Trinajstić information content (AvgIpc) is 2.54. The van der Waals surface area contributed by atoms with Crippen LogP contribution in [-0.2, 0) is 9.53 Å². The summed E-state index contributed by atoms with van der Waals surface area (Å²) in [6, 6.07) is 4.87. The molecular weight excluding hydrogens is 314 g/mol. The van der Waals surface area contributed by atoms with E-state index in [-0.39, 0.29) is 6.54 Å². The van der Waals surface area contributed by atoms with Crippen molar-refractivity contribution in [1.82, 2.24) is 5.32 Å². The lowest BCUT2D eigenvalue weighted by atomic mass is 10.1. The molecule has 1 aromatic rings. The minimum Gasteiger partial charge on any atom is -0.497 e. The highest BCUT2D eigenvalue weighted by molar-refractivity contribution is 5.97. The number of hydrogen-bond donors (Lipinski definition) is 2. The maximum atomic E-state index is 12.3. The number of carboxylic acids is 1. The molecule has 1 amide bonds. The predicted molar refractivity (Wildman–Crippen MR) is 88.7 cm³/mol. The van der Waals surface area contributed by atoms with Crippen LogP contribution in [0.5, 0.6) is 11.5 Å². The van der Waals surface area contributed by atoms with Crippen LogP contribution in [-0.4, -0.2) is 50.5 Å². The summed E-state index contributed by atoms with van der Waals surface area (Å²) in [6.07, 6.45) is -0.249. The van der Waals surface area contributed by atoms with Crippen LogP contribution in [0.15, 0.2) is 18.2 Å². The Morgan fingerprint density at radius 1 is 1.25 bits per heavy atom. The zero-order valence-corrected chi connectivity index (χ0v) is 14.5. The van der Waals surface area contributed by atoms with Gasteiger partial charge in [0.2, 0.25) is 0 Å². The molecule has 7 nitrogen and oxygen atoms in total. The van der Waals surface area contributed by atoms with Gasteiger partial charge in [0.25, 0.3) is 5.91 Å². The van der Waals surface area contributed by atoms with Crippen LogP contribution in [0.1, 0.15) is 30.6 Å². The van der Waals surface area contributed by atoms with E-state index in [2.05, 4.69) is 19.2 Å². The number of aliphatic carboxylic acids is 1. The number of carbonyl (C=O) groups excluding carboxylic acids is 1. The van der Waals surface area contributed by atoms with E-state index in [1.807, 2.05) is 0 Å². The van der Waals surface area contributed by atoms with E-state index in [9.17, 15) is 9.59 Å². The summed E-state index contributed by atoms with van der Waals surface area (Å²) in [7, 11) is 2.81. The van der Waals surface area contributed by atoms with E-state index in [1.54, 1.807) is 18.2 Å². The second-order valence-electron chi connectivity index (χ2n) is 5.67. The van der Waals surface area contributed by atoms with Crippen molar-refractivity contribution in [3.8, 4) is 11.5 Å². The van der Waals surface area contributed by atoms with Gasteiger partial charge in [0.1, 0.15) is 11.5 Å². The van der Waals surface area contributed by atoms with Crippen molar-refractivity contribution in [2.45, 2.75) is 26.4 Å². The zero-order chi connectivity index (χ0) is 18.1. The van der Waals surface area contributed by atoms with Crippen LogP contribution in [0, 0.1) is 5.92 Å². The summed E-state index contributed by atoms with van der Waals surface area (Å²) >= 11 is 0. The molecule has 1 rings (SSSR count). The highest BCUT2D eigenvalue weighted by atomic mass is 16.5. The minimum absolute atomic E-state index is 0.137. The molecule has 0 aromatic heterocycles.